The molecule has 0 aromatic heterocycles. The van der Waals surface area contributed by atoms with Gasteiger partial charge in [-0.05, 0) is 49.7 Å². The molecule has 0 bridgehead atoms. The highest BCUT2D eigenvalue weighted by Gasteiger charge is 2.31. The lowest BCUT2D eigenvalue weighted by Crippen LogP contribution is -2.28. The molecule has 1 aromatic carbocycles. The van der Waals surface area contributed by atoms with E-state index < -0.39 is 15.7 Å². The first kappa shape index (κ1) is 13.8. The monoisotopic (exact) mass is 295 g/mol. The maximum atomic E-state index is 13.2. The number of sulfone groups is 1. The second-order valence-corrected chi connectivity index (χ2v) is 7.46. The first-order valence-corrected chi connectivity index (χ1v) is 8.53. The second-order valence-electron chi connectivity index (χ2n) is 5.49. The van der Waals surface area contributed by atoms with Crippen molar-refractivity contribution in [3.05, 3.63) is 34.5 Å². The molecule has 2 heterocycles. The Bertz CT molecular complexity index is 644. The van der Waals surface area contributed by atoms with Gasteiger partial charge in [-0.3, -0.25) is 4.90 Å². The fourth-order valence-electron chi connectivity index (χ4n) is 2.90. The highest BCUT2D eigenvalue weighted by molar-refractivity contribution is 7.95. The minimum atomic E-state index is -3.50. The van der Waals surface area contributed by atoms with Crippen molar-refractivity contribution < 1.29 is 12.8 Å². The van der Waals surface area contributed by atoms with Crippen molar-refractivity contribution in [3.8, 4) is 0 Å². The molecular formula is C15H18FNO2S. The largest absolute Gasteiger partial charge is 0.298 e. The lowest BCUT2D eigenvalue weighted by atomic mass is 10.2. The van der Waals surface area contributed by atoms with Crippen LogP contribution in [0.2, 0.25) is 0 Å². The summed E-state index contributed by atoms with van der Waals surface area (Å²) in [5, 5.41) is 0. The van der Waals surface area contributed by atoms with Gasteiger partial charge in [0.2, 0.25) is 9.84 Å². The molecule has 2 aliphatic heterocycles. The molecule has 1 aromatic rings. The molecule has 1 fully saturated rings. The molecule has 0 atom stereocenters. The minimum absolute atomic E-state index is 0.113. The Morgan fingerprint density at radius 3 is 2.50 bits per heavy atom. The van der Waals surface area contributed by atoms with Gasteiger partial charge in [0.15, 0.2) is 0 Å². The number of fused-ring (bicyclic) bond motifs is 1. The fraction of sp³-hybridized carbons (Fsp3) is 0.467. The number of rotatable bonds is 2. The summed E-state index contributed by atoms with van der Waals surface area (Å²) in [5.74, 6) is -0.503. The Balaban J connectivity index is 1.85. The lowest BCUT2D eigenvalue weighted by Gasteiger charge is -2.19. The fourth-order valence-corrected chi connectivity index (χ4v) is 4.52. The van der Waals surface area contributed by atoms with Crippen molar-refractivity contribution >= 4 is 15.9 Å². The van der Waals surface area contributed by atoms with Gasteiger partial charge in [0, 0.05) is 6.54 Å². The van der Waals surface area contributed by atoms with E-state index in [0.29, 0.717) is 17.0 Å². The van der Waals surface area contributed by atoms with Crippen molar-refractivity contribution in [2.45, 2.75) is 30.6 Å². The number of nitrogens with zero attached hydrogens (tertiary/aromatic N) is 1. The van der Waals surface area contributed by atoms with Gasteiger partial charge < -0.3 is 0 Å². The summed E-state index contributed by atoms with van der Waals surface area (Å²) in [6, 6.07) is 3.97. The Labute approximate surface area is 119 Å². The molecular weight excluding hydrogens is 277 g/mol. The van der Waals surface area contributed by atoms with Gasteiger partial charge in [-0.15, -0.1) is 0 Å². The van der Waals surface area contributed by atoms with Gasteiger partial charge in [0.05, 0.1) is 9.80 Å². The molecule has 0 saturated carbocycles. The van der Waals surface area contributed by atoms with Crippen LogP contribution in [0, 0.1) is 5.82 Å². The predicted molar refractivity (Wildman–Crippen MR) is 76.5 cm³/mol. The Hall–Kier alpha value is -1.20. The average molecular weight is 295 g/mol. The van der Waals surface area contributed by atoms with Gasteiger partial charge in [0.25, 0.3) is 0 Å². The van der Waals surface area contributed by atoms with E-state index in [9.17, 15) is 12.8 Å². The zero-order chi connectivity index (χ0) is 14.2. The minimum Gasteiger partial charge on any atom is -0.298 e. The molecule has 0 radical (unpaired) electrons. The Kier molecular flexibility index (Phi) is 3.65. The van der Waals surface area contributed by atoms with Crippen molar-refractivity contribution in [1.82, 2.24) is 4.90 Å². The topological polar surface area (TPSA) is 37.4 Å². The van der Waals surface area contributed by atoms with E-state index in [-0.39, 0.29) is 4.90 Å². The number of hydrogen-bond acceptors (Lipinski definition) is 3. The normalized spacial score (nSPS) is 22.1. The number of benzene rings is 1. The summed E-state index contributed by atoms with van der Waals surface area (Å²) in [6.07, 6.45) is 6.36. The van der Waals surface area contributed by atoms with Crippen LogP contribution < -0.4 is 0 Å². The summed E-state index contributed by atoms with van der Waals surface area (Å²) >= 11 is 0. The van der Waals surface area contributed by atoms with E-state index in [2.05, 4.69) is 4.90 Å². The lowest BCUT2D eigenvalue weighted by molar-refractivity contribution is 0.313. The van der Waals surface area contributed by atoms with E-state index >= 15 is 0 Å². The molecule has 2 aliphatic rings. The van der Waals surface area contributed by atoms with E-state index in [4.69, 9.17) is 0 Å². The van der Waals surface area contributed by atoms with E-state index in [1.54, 1.807) is 6.08 Å². The van der Waals surface area contributed by atoms with Crippen LogP contribution in [0.5, 0.6) is 0 Å². The molecule has 20 heavy (non-hydrogen) atoms. The van der Waals surface area contributed by atoms with Crippen LogP contribution >= 0.6 is 0 Å². The second kappa shape index (κ2) is 5.30. The SMILES string of the molecule is O=S1(=O)C(CN2CCCCCC2)=Cc2ccc(F)cc21. The van der Waals surface area contributed by atoms with Gasteiger partial charge in [-0.25, -0.2) is 12.8 Å². The summed E-state index contributed by atoms with van der Waals surface area (Å²) in [5.41, 5.74) is 0.608. The quantitative estimate of drug-likeness (QED) is 0.842. The van der Waals surface area contributed by atoms with E-state index in [0.717, 1.165) is 32.0 Å². The zero-order valence-corrected chi connectivity index (χ0v) is 12.1. The Morgan fingerprint density at radius 2 is 1.80 bits per heavy atom. The molecule has 0 aliphatic carbocycles. The van der Waals surface area contributed by atoms with E-state index in [1.165, 1.54) is 25.0 Å². The number of likely N-dealkylation sites (tertiary alicyclic amines) is 1. The third-order valence-corrected chi connectivity index (χ3v) is 5.87. The summed E-state index contributed by atoms with van der Waals surface area (Å²) in [7, 11) is -3.50. The zero-order valence-electron chi connectivity index (χ0n) is 11.3. The number of halogens is 1. The third-order valence-electron chi connectivity index (χ3n) is 4.00. The van der Waals surface area contributed by atoms with Crippen molar-refractivity contribution in [3.63, 3.8) is 0 Å². The first-order valence-electron chi connectivity index (χ1n) is 7.05. The van der Waals surface area contributed by atoms with Gasteiger partial charge in [-0.1, -0.05) is 18.9 Å². The standard InChI is InChI=1S/C15H18FNO2S/c16-13-6-5-12-9-14(20(18,19)15(12)10-13)11-17-7-3-1-2-4-8-17/h5-6,9-10H,1-4,7-8,11H2. The Morgan fingerprint density at radius 1 is 1.10 bits per heavy atom. The molecule has 108 valence electrons. The van der Waals surface area contributed by atoms with Gasteiger partial charge >= 0.3 is 0 Å². The molecule has 5 heteroatoms. The highest BCUT2D eigenvalue weighted by Crippen LogP contribution is 2.33. The van der Waals surface area contributed by atoms with E-state index in [1.807, 2.05) is 0 Å². The number of hydrogen-bond donors (Lipinski definition) is 0. The summed E-state index contributed by atoms with van der Waals surface area (Å²) in [4.78, 5) is 2.71. The van der Waals surface area contributed by atoms with Crippen LogP contribution in [0.4, 0.5) is 4.39 Å². The molecule has 1 saturated heterocycles. The van der Waals surface area contributed by atoms with Crippen LogP contribution in [0.1, 0.15) is 31.2 Å². The van der Waals surface area contributed by atoms with Crippen LogP contribution in [-0.4, -0.2) is 33.0 Å². The van der Waals surface area contributed by atoms with Crippen molar-refractivity contribution in [2.75, 3.05) is 19.6 Å². The third kappa shape index (κ3) is 2.52. The summed E-state index contributed by atoms with van der Waals surface area (Å²) in [6.45, 7) is 2.33. The predicted octanol–water partition coefficient (Wildman–Crippen LogP) is 2.83. The van der Waals surface area contributed by atoms with Crippen LogP contribution in [0.25, 0.3) is 6.08 Å². The molecule has 0 unspecified atom stereocenters. The van der Waals surface area contributed by atoms with Crippen molar-refractivity contribution in [1.29, 1.82) is 0 Å². The molecule has 0 spiro atoms. The molecule has 3 nitrogen and oxygen atoms in total. The maximum absolute atomic E-state index is 13.2. The van der Waals surface area contributed by atoms with Gasteiger partial charge in [-0.2, -0.15) is 0 Å². The summed E-state index contributed by atoms with van der Waals surface area (Å²) < 4.78 is 38.1. The average Bonchev–Trinajstić information content (AvgIpc) is 2.61. The first-order chi connectivity index (χ1) is 9.57. The van der Waals surface area contributed by atoms with Crippen LogP contribution in [-0.2, 0) is 9.84 Å². The molecule has 3 rings (SSSR count). The van der Waals surface area contributed by atoms with Crippen molar-refractivity contribution in [2.24, 2.45) is 0 Å². The molecule has 0 amide bonds. The van der Waals surface area contributed by atoms with Crippen LogP contribution in [0.3, 0.4) is 0 Å². The smallest absolute Gasteiger partial charge is 0.204 e. The maximum Gasteiger partial charge on any atom is 0.204 e. The van der Waals surface area contributed by atoms with Crippen LogP contribution in [0.15, 0.2) is 28.0 Å². The van der Waals surface area contributed by atoms with Gasteiger partial charge in [0.1, 0.15) is 5.82 Å². The highest BCUT2D eigenvalue weighted by atomic mass is 32.2. The molecule has 0 N–H and O–H groups in total.